The Labute approximate surface area is 130 Å². The van der Waals surface area contributed by atoms with Crippen LogP contribution in [-0.4, -0.2) is 27.0 Å². The molecule has 8 heteroatoms. The van der Waals surface area contributed by atoms with Crippen molar-refractivity contribution in [2.75, 3.05) is 6.61 Å². The monoisotopic (exact) mass is 328 g/mol. The Kier molecular flexibility index (Phi) is 6.84. The van der Waals surface area contributed by atoms with Gasteiger partial charge in [-0.2, -0.15) is 0 Å². The van der Waals surface area contributed by atoms with Crippen molar-refractivity contribution in [3.8, 4) is 0 Å². The van der Waals surface area contributed by atoms with Crippen LogP contribution in [0.5, 0.6) is 0 Å². The second-order valence-corrected chi connectivity index (χ2v) is 6.18. The summed E-state index contributed by atoms with van der Waals surface area (Å²) in [5.41, 5.74) is 0.715. The van der Waals surface area contributed by atoms with Crippen LogP contribution in [0.15, 0.2) is 29.2 Å². The first-order valence-corrected chi connectivity index (χ1v) is 8.42. The summed E-state index contributed by atoms with van der Waals surface area (Å²) < 4.78 is 30.6. The van der Waals surface area contributed by atoms with Crippen molar-refractivity contribution in [3.63, 3.8) is 0 Å². The van der Waals surface area contributed by atoms with Crippen LogP contribution < -0.4 is 10.0 Å². The first-order chi connectivity index (χ1) is 10.4. The Hall–Kier alpha value is -2.09. The molecule has 22 heavy (non-hydrogen) atoms. The van der Waals surface area contributed by atoms with E-state index in [1.807, 2.05) is 4.72 Å². The van der Waals surface area contributed by atoms with E-state index in [1.54, 1.807) is 26.0 Å². The average molecular weight is 328 g/mol. The molecule has 7 nitrogen and oxygen atoms in total. The van der Waals surface area contributed by atoms with Crippen molar-refractivity contribution in [1.82, 2.24) is 10.0 Å². The molecule has 0 aliphatic rings. The maximum atomic E-state index is 12.0. The van der Waals surface area contributed by atoms with Crippen molar-refractivity contribution in [2.24, 2.45) is 0 Å². The third kappa shape index (κ3) is 5.72. The summed E-state index contributed by atoms with van der Waals surface area (Å²) in [4.78, 5) is 22.5. The molecule has 0 aliphatic carbocycles. The molecule has 2 N–H and O–H groups in total. The van der Waals surface area contributed by atoms with Crippen LogP contribution >= 0.6 is 0 Å². The standard InChI is InChI=1S/C14H20N2O5S/c1-3-5-13(17)16-22(19,20)12-8-6-11(7-9-12)10-15-14(18)21-4-2/h6-9H,3-5,10H2,1-2H3,(H,15,18)(H,16,17). The molecule has 1 rings (SSSR count). The minimum Gasteiger partial charge on any atom is -0.450 e. The first-order valence-electron chi connectivity index (χ1n) is 6.94. The highest BCUT2D eigenvalue weighted by atomic mass is 32.2. The maximum absolute atomic E-state index is 12.0. The van der Waals surface area contributed by atoms with Gasteiger partial charge in [0, 0.05) is 13.0 Å². The Morgan fingerprint density at radius 3 is 2.32 bits per heavy atom. The number of amides is 2. The Balaban J connectivity index is 2.67. The molecular formula is C14H20N2O5S. The number of nitrogens with one attached hydrogen (secondary N) is 2. The molecule has 2 amide bonds. The van der Waals surface area contributed by atoms with E-state index in [0.717, 1.165) is 0 Å². The Morgan fingerprint density at radius 2 is 1.77 bits per heavy atom. The first kappa shape index (κ1) is 18.0. The van der Waals surface area contributed by atoms with Gasteiger partial charge in [-0.15, -0.1) is 0 Å². The summed E-state index contributed by atoms with van der Waals surface area (Å²) in [6.45, 7) is 3.99. The van der Waals surface area contributed by atoms with Crippen LogP contribution in [0.25, 0.3) is 0 Å². The molecule has 0 fully saturated rings. The summed E-state index contributed by atoms with van der Waals surface area (Å²) in [7, 11) is -3.85. The van der Waals surface area contributed by atoms with Gasteiger partial charge < -0.3 is 10.1 Å². The van der Waals surface area contributed by atoms with Gasteiger partial charge in [0.2, 0.25) is 5.91 Å². The van der Waals surface area contributed by atoms with E-state index in [0.29, 0.717) is 12.0 Å². The van der Waals surface area contributed by atoms with Gasteiger partial charge in [-0.05, 0) is 31.0 Å². The fraction of sp³-hybridized carbons (Fsp3) is 0.429. The average Bonchev–Trinajstić information content (AvgIpc) is 2.45. The normalized spacial score (nSPS) is 10.8. The molecule has 0 spiro atoms. The van der Waals surface area contributed by atoms with Gasteiger partial charge in [-0.1, -0.05) is 19.1 Å². The molecule has 0 saturated heterocycles. The second-order valence-electron chi connectivity index (χ2n) is 4.50. The van der Waals surface area contributed by atoms with Gasteiger partial charge in [-0.3, -0.25) is 4.79 Å². The summed E-state index contributed by atoms with van der Waals surface area (Å²) >= 11 is 0. The van der Waals surface area contributed by atoms with Crippen LogP contribution in [0.2, 0.25) is 0 Å². The number of hydrogen-bond donors (Lipinski definition) is 2. The number of ether oxygens (including phenoxy) is 1. The highest BCUT2D eigenvalue weighted by Gasteiger charge is 2.16. The predicted molar refractivity (Wildman–Crippen MR) is 80.5 cm³/mol. The molecule has 0 aromatic heterocycles. The van der Waals surface area contributed by atoms with Gasteiger partial charge >= 0.3 is 6.09 Å². The zero-order chi connectivity index (χ0) is 16.6. The van der Waals surface area contributed by atoms with Gasteiger partial charge in [-0.25, -0.2) is 17.9 Å². The van der Waals surface area contributed by atoms with Crippen LogP contribution in [0.1, 0.15) is 32.3 Å². The molecule has 1 aromatic rings. The summed E-state index contributed by atoms with van der Waals surface area (Å²) in [5, 5.41) is 2.53. The van der Waals surface area contributed by atoms with Crippen molar-refractivity contribution in [1.29, 1.82) is 0 Å². The van der Waals surface area contributed by atoms with Gasteiger partial charge in [0.05, 0.1) is 11.5 Å². The number of carbonyl (C=O) groups excluding carboxylic acids is 2. The fourth-order valence-corrected chi connectivity index (χ4v) is 2.64. The van der Waals surface area contributed by atoms with E-state index >= 15 is 0 Å². The van der Waals surface area contributed by atoms with Gasteiger partial charge in [0.1, 0.15) is 0 Å². The van der Waals surface area contributed by atoms with E-state index in [4.69, 9.17) is 4.74 Å². The Bertz CT molecular complexity index is 611. The van der Waals surface area contributed by atoms with Crippen molar-refractivity contribution < 1.29 is 22.7 Å². The lowest BCUT2D eigenvalue weighted by molar-refractivity contribution is -0.119. The third-order valence-electron chi connectivity index (χ3n) is 2.67. The number of sulfonamides is 1. The van der Waals surface area contributed by atoms with Gasteiger partial charge in [0.25, 0.3) is 10.0 Å². The fourth-order valence-electron chi connectivity index (χ4n) is 1.63. The second kappa shape index (κ2) is 8.38. The molecule has 0 unspecified atom stereocenters. The predicted octanol–water partition coefficient (Wildman–Crippen LogP) is 1.54. The van der Waals surface area contributed by atoms with E-state index in [1.165, 1.54) is 12.1 Å². The number of carbonyl (C=O) groups is 2. The molecule has 0 aliphatic heterocycles. The van der Waals surface area contributed by atoms with E-state index in [-0.39, 0.29) is 24.5 Å². The van der Waals surface area contributed by atoms with Gasteiger partial charge in [0.15, 0.2) is 0 Å². The smallest absolute Gasteiger partial charge is 0.407 e. The highest BCUT2D eigenvalue weighted by molar-refractivity contribution is 7.90. The number of rotatable bonds is 7. The molecule has 0 radical (unpaired) electrons. The largest absolute Gasteiger partial charge is 0.450 e. The Morgan fingerprint density at radius 1 is 1.14 bits per heavy atom. The van der Waals surface area contributed by atoms with Crippen molar-refractivity contribution in [2.45, 2.75) is 38.1 Å². The number of alkyl carbamates (subject to hydrolysis) is 1. The third-order valence-corrected chi connectivity index (χ3v) is 4.06. The van der Waals surface area contributed by atoms with Crippen LogP contribution in [0.4, 0.5) is 4.79 Å². The van der Waals surface area contributed by atoms with Crippen LogP contribution in [0, 0.1) is 0 Å². The summed E-state index contributed by atoms with van der Waals surface area (Å²) in [6, 6.07) is 5.88. The van der Waals surface area contributed by atoms with Crippen molar-refractivity contribution >= 4 is 22.0 Å². The highest BCUT2D eigenvalue weighted by Crippen LogP contribution is 2.11. The molecule has 0 bridgehead atoms. The summed E-state index contributed by atoms with van der Waals surface area (Å²) in [6.07, 6.45) is 0.187. The maximum Gasteiger partial charge on any atom is 0.407 e. The zero-order valence-corrected chi connectivity index (χ0v) is 13.4. The molecule has 0 heterocycles. The molecule has 0 atom stereocenters. The van der Waals surface area contributed by atoms with E-state index in [2.05, 4.69) is 5.32 Å². The van der Waals surface area contributed by atoms with E-state index < -0.39 is 22.0 Å². The quantitative estimate of drug-likeness (QED) is 0.790. The molecule has 0 saturated carbocycles. The minimum absolute atomic E-state index is 0.00293. The number of hydrogen-bond acceptors (Lipinski definition) is 5. The lowest BCUT2D eigenvalue weighted by Gasteiger charge is -2.08. The minimum atomic E-state index is -3.85. The van der Waals surface area contributed by atoms with Crippen LogP contribution in [0.3, 0.4) is 0 Å². The lowest BCUT2D eigenvalue weighted by atomic mass is 10.2. The lowest BCUT2D eigenvalue weighted by Crippen LogP contribution is -2.30. The van der Waals surface area contributed by atoms with Crippen LogP contribution in [-0.2, 0) is 26.1 Å². The zero-order valence-electron chi connectivity index (χ0n) is 12.6. The molecule has 1 aromatic carbocycles. The SMILES string of the molecule is CCCC(=O)NS(=O)(=O)c1ccc(CNC(=O)OCC)cc1. The topological polar surface area (TPSA) is 102 Å². The van der Waals surface area contributed by atoms with Crippen molar-refractivity contribution in [3.05, 3.63) is 29.8 Å². The molecule has 122 valence electrons. The number of benzene rings is 1. The molecular weight excluding hydrogens is 308 g/mol. The summed E-state index contributed by atoms with van der Waals surface area (Å²) in [5.74, 6) is -0.532. The van der Waals surface area contributed by atoms with E-state index in [9.17, 15) is 18.0 Å².